The third-order valence-corrected chi connectivity index (χ3v) is 4.42. The minimum atomic E-state index is -0.672. The van der Waals surface area contributed by atoms with E-state index in [1.165, 1.54) is 12.6 Å². The first-order valence-electron chi connectivity index (χ1n) is 9.05. The van der Waals surface area contributed by atoms with Crippen molar-refractivity contribution in [1.82, 2.24) is 25.4 Å². The van der Waals surface area contributed by atoms with E-state index in [0.29, 0.717) is 0 Å². The van der Waals surface area contributed by atoms with Crippen molar-refractivity contribution in [2.45, 2.75) is 32.9 Å². The molecule has 8 nitrogen and oxygen atoms in total. The number of nitrogens with one attached hydrogen (secondary N) is 2. The monoisotopic (exact) mass is 381 g/mol. The van der Waals surface area contributed by atoms with E-state index in [-0.39, 0.29) is 23.6 Å². The molecule has 0 aliphatic carbocycles. The second-order valence-corrected chi connectivity index (χ2v) is 6.83. The second kappa shape index (κ2) is 8.51. The maximum absolute atomic E-state index is 12.7. The lowest BCUT2D eigenvalue weighted by Crippen LogP contribution is -2.50. The van der Waals surface area contributed by atoms with Gasteiger partial charge in [0, 0.05) is 0 Å². The first-order chi connectivity index (χ1) is 13.5. The number of furan rings is 1. The number of carbonyl (C=O) groups is 2. The van der Waals surface area contributed by atoms with Gasteiger partial charge in [-0.15, -0.1) is 0 Å². The fraction of sp³-hybridized carbons (Fsp3) is 0.300. The summed E-state index contributed by atoms with van der Waals surface area (Å²) >= 11 is 0. The van der Waals surface area contributed by atoms with Gasteiger partial charge in [-0.25, -0.2) is 9.67 Å². The number of hydrogen-bond acceptors (Lipinski definition) is 5. The number of nitrogens with zero attached hydrogens (tertiary/aromatic N) is 3. The fourth-order valence-corrected chi connectivity index (χ4v) is 2.80. The van der Waals surface area contributed by atoms with Gasteiger partial charge >= 0.3 is 0 Å². The molecule has 8 heteroatoms. The van der Waals surface area contributed by atoms with E-state index >= 15 is 0 Å². The van der Waals surface area contributed by atoms with Crippen LogP contribution in [0.4, 0.5) is 0 Å². The average molecular weight is 381 g/mol. The van der Waals surface area contributed by atoms with Crippen LogP contribution in [0.25, 0.3) is 5.69 Å². The van der Waals surface area contributed by atoms with Crippen LogP contribution in [0.5, 0.6) is 0 Å². The maximum atomic E-state index is 12.7. The van der Waals surface area contributed by atoms with Crippen LogP contribution < -0.4 is 10.6 Å². The van der Waals surface area contributed by atoms with Crippen LogP contribution in [0.3, 0.4) is 0 Å². The number of hydrogen-bond donors (Lipinski definition) is 2. The van der Waals surface area contributed by atoms with Crippen molar-refractivity contribution >= 4 is 11.8 Å². The SMILES string of the molecule is CC(NC(=O)C(NC(=O)c1ccco1)C(C)C)c1ccc(-n2cncn2)cc1. The fourth-order valence-electron chi connectivity index (χ4n) is 2.80. The smallest absolute Gasteiger partial charge is 0.287 e. The Kier molecular flexibility index (Phi) is 5.88. The largest absolute Gasteiger partial charge is 0.459 e. The minimum Gasteiger partial charge on any atom is -0.459 e. The van der Waals surface area contributed by atoms with E-state index < -0.39 is 11.9 Å². The highest BCUT2D eigenvalue weighted by atomic mass is 16.3. The zero-order valence-corrected chi connectivity index (χ0v) is 16.0. The molecule has 0 radical (unpaired) electrons. The van der Waals surface area contributed by atoms with Gasteiger partial charge in [-0.3, -0.25) is 9.59 Å². The molecule has 3 aromatic rings. The van der Waals surface area contributed by atoms with Crippen LogP contribution in [0, 0.1) is 5.92 Å². The summed E-state index contributed by atoms with van der Waals surface area (Å²) in [5.41, 5.74) is 1.82. The van der Waals surface area contributed by atoms with Crippen LogP contribution in [-0.2, 0) is 4.79 Å². The summed E-state index contributed by atoms with van der Waals surface area (Å²) in [6, 6.07) is 9.96. The lowest BCUT2D eigenvalue weighted by molar-refractivity contribution is -0.124. The van der Waals surface area contributed by atoms with Crippen LogP contribution in [-0.4, -0.2) is 32.6 Å². The van der Waals surface area contributed by atoms with E-state index in [1.54, 1.807) is 23.1 Å². The summed E-state index contributed by atoms with van der Waals surface area (Å²) in [7, 11) is 0. The molecule has 0 aliphatic heterocycles. The summed E-state index contributed by atoms with van der Waals surface area (Å²) in [4.78, 5) is 28.9. The van der Waals surface area contributed by atoms with Gasteiger partial charge in [0.2, 0.25) is 5.91 Å². The van der Waals surface area contributed by atoms with Crippen LogP contribution in [0.1, 0.15) is 42.9 Å². The molecule has 28 heavy (non-hydrogen) atoms. The molecule has 0 saturated carbocycles. The highest BCUT2D eigenvalue weighted by molar-refractivity contribution is 5.95. The molecule has 2 atom stereocenters. The first-order valence-corrected chi connectivity index (χ1v) is 9.05. The standard InChI is InChI=1S/C20H23N5O3/c1-13(2)18(24-19(26)17-5-4-10-28-17)20(27)23-14(3)15-6-8-16(9-7-15)25-12-21-11-22-25/h4-14,18H,1-3H3,(H,23,27)(H,24,26). The summed E-state index contributed by atoms with van der Waals surface area (Å²) in [5.74, 6) is -0.567. The van der Waals surface area contributed by atoms with Gasteiger partial charge in [0.05, 0.1) is 18.0 Å². The van der Waals surface area contributed by atoms with Crippen molar-refractivity contribution < 1.29 is 14.0 Å². The highest BCUT2D eigenvalue weighted by Crippen LogP contribution is 2.16. The van der Waals surface area contributed by atoms with Gasteiger partial charge in [0.15, 0.2) is 5.76 Å². The molecule has 2 unspecified atom stereocenters. The molecule has 146 valence electrons. The lowest BCUT2D eigenvalue weighted by atomic mass is 10.0. The van der Waals surface area contributed by atoms with Gasteiger partial charge in [-0.05, 0) is 42.7 Å². The molecule has 0 spiro atoms. The van der Waals surface area contributed by atoms with Gasteiger partial charge in [-0.1, -0.05) is 26.0 Å². The molecule has 2 N–H and O–H groups in total. The van der Waals surface area contributed by atoms with E-state index in [2.05, 4.69) is 20.7 Å². The summed E-state index contributed by atoms with van der Waals surface area (Å²) in [6.07, 6.45) is 4.51. The Morgan fingerprint density at radius 1 is 1.07 bits per heavy atom. The Morgan fingerprint density at radius 3 is 2.39 bits per heavy atom. The molecule has 2 heterocycles. The summed E-state index contributed by atoms with van der Waals surface area (Å²) in [6.45, 7) is 5.66. The zero-order valence-electron chi connectivity index (χ0n) is 16.0. The van der Waals surface area contributed by atoms with E-state index in [9.17, 15) is 9.59 Å². The Labute approximate surface area is 163 Å². The summed E-state index contributed by atoms with van der Waals surface area (Å²) in [5, 5.41) is 9.79. The molecule has 0 fully saturated rings. The maximum Gasteiger partial charge on any atom is 0.287 e. The van der Waals surface area contributed by atoms with Crippen LogP contribution >= 0.6 is 0 Å². The minimum absolute atomic E-state index is 0.0826. The predicted molar refractivity (Wildman–Crippen MR) is 103 cm³/mol. The van der Waals surface area contributed by atoms with Crippen molar-refractivity contribution in [1.29, 1.82) is 0 Å². The Hall–Kier alpha value is -3.42. The molecular formula is C20H23N5O3. The van der Waals surface area contributed by atoms with Crippen molar-refractivity contribution in [2.24, 2.45) is 5.92 Å². The molecular weight excluding hydrogens is 358 g/mol. The quantitative estimate of drug-likeness (QED) is 0.655. The van der Waals surface area contributed by atoms with Crippen molar-refractivity contribution in [3.05, 3.63) is 66.6 Å². The van der Waals surface area contributed by atoms with E-state index in [4.69, 9.17) is 4.42 Å². The lowest BCUT2D eigenvalue weighted by Gasteiger charge is -2.24. The highest BCUT2D eigenvalue weighted by Gasteiger charge is 2.26. The zero-order chi connectivity index (χ0) is 20.1. The normalized spacial score (nSPS) is 13.1. The van der Waals surface area contributed by atoms with Gasteiger partial charge in [0.25, 0.3) is 5.91 Å². The Morgan fingerprint density at radius 2 is 1.82 bits per heavy atom. The summed E-state index contributed by atoms with van der Waals surface area (Å²) < 4.78 is 6.75. The number of amides is 2. The first kappa shape index (κ1) is 19.3. The number of rotatable bonds is 7. The molecule has 2 amide bonds. The third-order valence-electron chi connectivity index (χ3n) is 4.42. The van der Waals surface area contributed by atoms with Crippen molar-refractivity contribution in [2.75, 3.05) is 0 Å². The molecule has 0 saturated heterocycles. The molecule has 2 aromatic heterocycles. The van der Waals surface area contributed by atoms with Crippen molar-refractivity contribution in [3.63, 3.8) is 0 Å². The molecule has 0 bridgehead atoms. The van der Waals surface area contributed by atoms with E-state index in [1.807, 2.05) is 45.0 Å². The average Bonchev–Trinajstić information content (AvgIpc) is 3.39. The molecule has 1 aromatic carbocycles. The Balaban J connectivity index is 1.64. The van der Waals surface area contributed by atoms with Crippen molar-refractivity contribution in [3.8, 4) is 5.69 Å². The van der Waals surface area contributed by atoms with Gasteiger partial charge < -0.3 is 15.1 Å². The number of carbonyl (C=O) groups excluding carboxylic acids is 2. The predicted octanol–water partition coefficient (Wildman–Crippen LogP) is 2.49. The van der Waals surface area contributed by atoms with Crippen LogP contribution in [0.15, 0.2) is 59.7 Å². The topological polar surface area (TPSA) is 102 Å². The van der Waals surface area contributed by atoms with E-state index in [0.717, 1.165) is 11.3 Å². The second-order valence-electron chi connectivity index (χ2n) is 6.83. The number of benzene rings is 1. The van der Waals surface area contributed by atoms with Gasteiger partial charge in [-0.2, -0.15) is 5.10 Å². The number of aromatic nitrogens is 3. The molecule has 0 aliphatic rings. The van der Waals surface area contributed by atoms with Crippen LogP contribution in [0.2, 0.25) is 0 Å². The van der Waals surface area contributed by atoms with Gasteiger partial charge in [0.1, 0.15) is 18.7 Å². The third kappa shape index (κ3) is 4.46. The molecule has 3 rings (SSSR count). The Bertz CT molecular complexity index is 902.